The molecule has 0 aliphatic rings. The number of hydrogen-bond donors (Lipinski definition) is 2. The molecule has 0 saturated carbocycles. The van der Waals surface area contributed by atoms with E-state index in [-0.39, 0.29) is 24.2 Å². The minimum atomic E-state index is -0.271. The van der Waals surface area contributed by atoms with Crippen LogP contribution >= 0.6 is 0 Å². The summed E-state index contributed by atoms with van der Waals surface area (Å²) < 4.78 is 13.0. The number of carbonyl (C=O) groups is 2. The fraction of sp³-hybridized carbons (Fsp3) is 0.263. The van der Waals surface area contributed by atoms with Crippen LogP contribution in [-0.2, 0) is 16.1 Å². The van der Waals surface area contributed by atoms with Crippen molar-refractivity contribution in [2.75, 3.05) is 23.7 Å². The maximum atomic E-state index is 13.0. The molecule has 0 aromatic heterocycles. The van der Waals surface area contributed by atoms with Crippen molar-refractivity contribution in [3.63, 3.8) is 0 Å². The predicted molar refractivity (Wildman–Crippen MR) is 96.7 cm³/mol. The average molecular weight is 343 g/mol. The highest BCUT2D eigenvalue weighted by molar-refractivity contribution is 5.93. The first-order chi connectivity index (χ1) is 12.0. The predicted octanol–water partition coefficient (Wildman–Crippen LogP) is 3.24. The zero-order valence-corrected chi connectivity index (χ0v) is 14.4. The summed E-state index contributed by atoms with van der Waals surface area (Å²) in [5.41, 5.74) is 2.30. The van der Waals surface area contributed by atoms with Gasteiger partial charge in [-0.15, -0.1) is 0 Å². The Hall–Kier alpha value is -2.73. The Morgan fingerprint density at radius 2 is 1.52 bits per heavy atom. The zero-order valence-electron chi connectivity index (χ0n) is 14.4. The highest BCUT2D eigenvalue weighted by Crippen LogP contribution is 2.14. The lowest BCUT2D eigenvalue weighted by Gasteiger charge is -2.20. The SMILES string of the molecule is CCN(CC(=O)Nc1ccc(NC(C)=O)cc1)Cc1ccc(F)cc1. The van der Waals surface area contributed by atoms with Crippen LogP contribution in [0.3, 0.4) is 0 Å². The summed E-state index contributed by atoms with van der Waals surface area (Å²) in [7, 11) is 0. The van der Waals surface area contributed by atoms with Gasteiger partial charge in [-0.1, -0.05) is 19.1 Å². The van der Waals surface area contributed by atoms with Gasteiger partial charge in [0.1, 0.15) is 5.82 Å². The molecule has 2 amide bonds. The lowest BCUT2D eigenvalue weighted by molar-refractivity contribution is -0.117. The van der Waals surface area contributed by atoms with E-state index >= 15 is 0 Å². The number of rotatable bonds is 7. The molecule has 0 atom stereocenters. The molecule has 2 aromatic carbocycles. The lowest BCUT2D eigenvalue weighted by Crippen LogP contribution is -2.32. The van der Waals surface area contributed by atoms with Crippen molar-refractivity contribution in [1.29, 1.82) is 0 Å². The van der Waals surface area contributed by atoms with E-state index in [4.69, 9.17) is 0 Å². The molecule has 0 unspecified atom stereocenters. The van der Waals surface area contributed by atoms with Crippen LogP contribution in [0.5, 0.6) is 0 Å². The molecule has 5 nitrogen and oxygen atoms in total. The number of halogens is 1. The van der Waals surface area contributed by atoms with Gasteiger partial charge in [-0.3, -0.25) is 14.5 Å². The molecule has 2 aromatic rings. The van der Waals surface area contributed by atoms with Gasteiger partial charge >= 0.3 is 0 Å². The Morgan fingerprint density at radius 1 is 0.960 bits per heavy atom. The van der Waals surface area contributed by atoms with Crippen LogP contribution in [0.25, 0.3) is 0 Å². The largest absolute Gasteiger partial charge is 0.326 e. The van der Waals surface area contributed by atoms with Crippen LogP contribution < -0.4 is 10.6 Å². The summed E-state index contributed by atoms with van der Waals surface area (Å²) in [5, 5.41) is 5.50. The molecular weight excluding hydrogens is 321 g/mol. The van der Waals surface area contributed by atoms with Crippen LogP contribution in [-0.4, -0.2) is 29.8 Å². The fourth-order valence-electron chi connectivity index (χ4n) is 2.37. The van der Waals surface area contributed by atoms with Gasteiger partial charge in [0, 0.05) is 24.8 Å². The molecule has 0 aliphatic heterocycles. The van der Waals surface area contributed by atoms with Gasteiger partial charge in [-0.05, 0) is 48.5 Å². The monoisotopic (exact) mass is 343 g/mol. The summed E-state index contributed by atoms with van der Waals surface area (Å²) in [6, 6.07) is 13.2. The first-order valence-corrected chi connectivity index (χ1v) is 8.10. The van der Waals surface area contributed by atoms with E-state index in [1.54, 1.807) is 36.4 Å². The molecule has 0 spiro atoms. The minimum Gasteiger partial charge on any atom is -0.326 e. The summed E-state index contributed by atoms with van der Waals surface area (Å²) in [6.07, 6.45) is 0. The number of anilines is 2. The van der Waals surface area contributed by atoms with Crippen LogP contribution in [0, 0.1) is 5.82 Å². The van der Waals surface area contributed by atoms with Crippen molar-refractivity contribution >= 4 is 23.2 Å². The van der Waals surface area contributed by atoms with Crippen LogP contribution in [0.2, 0.25) is 0 Å². The van der Waals surface area contributed by atoms with Gasteiger partial charge < -0.3 is 10.6 Å². The quantitative estimate of drug-likeness (QED) is 0.811. The Labute approximate surface area is 146 Å². The topological polar surface area (TPSA) is 61.4 Å². The molecular formula is C19H22FN3O2. The molecule has 0 saturated heterocycles. The Balaban J connectivity index is 1.88. The highest BCUT2D eigenvalue weighted by Gasteiger charge is 2.10. The molecule has 6 heteroatoms. The zero-order chi connectivity index (χ0) is 18.2. The molecule has 0 bridgehead atoms. The van der Waals surface area contributed by atoms with Crippen molar-refractivity contribution in [3.05, 3.63) is 59.9 Å². The number of nitrogens with one attached hydrogen (secondary N) is 2. The first-order valence-electron chi connectivity index (χ1n) is 8.10. The van der Waals surface area contributed by atoms with E-state index in [9.17, 15) is 14.0 Å². The minimum absolute atomic E-state index is 0.128. The second kappa shape index (κ2) is 8.94. The van der Waals surface area contributed by atoms with Gasteiger partial charge in [0.05, 0.1) is 6.54 Å². The number of amides is 2. The molecule has 132 valence electrons. The van der Waals surface area contributed by atoms with E-state index in [1.165, 1.54) is 19.1 Å². The molecule has 0 radical (unpaired) electrons. The Bertz CT molecular complexity index is 714. The smallest absolute Gasteiger partial charge is 0.238 e. The van der Waals surface area contributed by atoms with Gasteiger partial charge in [0.25, 0.3) is 0 Å². The van der Waals surface area contributed by atoms with Gasteiger partial charge in [0.15, 0.2) is 0 Å². The molecule has 2 N–H and O–H groups in total. The van der Waals surface area contributed by atoms with Crippen molar-refractivity contribution in [1.82, 2.24) is 4.90 Å². The summed E-state index contributed by atoms with van der Waals surface area (Å²) in [5.74, 6) is -0.542. The number of benzene rings is 2. The third-order valence-corrected chi connectivity index (χ3v) is 3.62. The number of hydrogen-bond acceptors (Lipinski definition) is 3. The van der Waals surface area contributed by atoms with Crippen molar-refractivity contribution < 1.29 is 14.0 Å². The fourth-order valence-corrected chi connectivity index (χ4v) is 2.37. The highest BCUT2D eigenvalue weighted by atomic mass is 19.1. The van der Waals surface area contributed by atoms with Crippen molar-refractivity contribution in [2.24, 2.45) is 0 Å². The summed E-state index contributed by atoms with van der Waals surface area (Å²) >= 11 is 0. The molecule has 0 heterocycles. The average Bonchev–Trinajstić information content (AvgIpc) is 2.57. The standard InChI is InChI=1S/C19H22FN3O2/c1-3-23(12-15-4-6-16(20)7-5-15)13-19(25)22-18-10-8-17(9-11-18)21-14(2)24/h4-11H,3,12-13H2,1-2H3,(H,21,24)(H,22,25). The second-order valence-corrected chi connectivity index (χ2v) is 5.74. The first kappa shape index (κ1) is 18.6. The van der Waals surface area contributed by atoms with Crippen LogP contribution in [0.4, 0.5) is 15.8 Å². The van der Waals surface area contributed by atoms with Gasteiger partial charge in [-0.25, -0.2) is 4.39 Å². The summed E-state index contributed by atoms with van der Waals surface area (Å²) in [4.78, 5) is 25.2. The van der Waals surface area contributed by atoms with E-state index in [0.29, 0.717) is 24.5 Å². The third kappa shape index (κ3) is 6.35. The van der Waals surface area contributed by atoms with Crippen LogP contribution in [0.15, 0.2) is 48.5 Å². The lowest BCUT2D eigenvalue weighted by atomic mass is 10.2. The maximum Gasteiger partial charge on any atom is 0.238 e. The number of likely N-dealkylation sites (N-methyl/N-ethyl adjacent to an activating group) is 1. The summed E-state index contributed by atoms with van der Waals surface area (Å²) in [6.45, 7) is 4.93. The van der Waals surface area contributed by atoms with E-state index < -0.39 is 0 Å². The van der Waals surface area contributed by atoms with Gasteiger partial charge in [0.2, 0.25) is 11.8 Å². The maximum absolute atomic E-state index is 13.0. The van der Waals surface area contributed by atoms with E-state index in [0.717, 1.165) is 5.56 Å². The number of nitrogens with zero attached hydrogens (tertiary/aromatic N) is 1. The van der Waals surface area contributed by atoms with Crippen LogP contribution in [0.1, 0.15) is 19.4 Å². The molecule has 0 aliphatic carbocycles. The number of carbonyl (C=O) groups excluding carboxylic acids is 2. The second-order valence-electron chi connectivity index (χ2n) is 5.74. The molecule has 0 fully saturated rings. The normalized spacial score (nSPS) is 10.6. The third-order valence-electron chi connectivity index (χ3n) is 3.62. The van der Waals surface area contributed by atoms with E-state index in [1.807, 2.05) is 11.8 Å². The van der Waals surface area contributed by atoms with Crippen molar-refractivity contribution in [2.45, 2.75) is 20.4 Å². The van der Waals surface area contributed by atoms with Crippen molar-refractivity contribution in [3.8, 4) is 0 Å². The Morgan fingerprint density at radius 3 is 2.04 bits per heavy atom. The van der Waals surface area contributed by atoms with Gasteiger partial charge in [-0.2, -0.15) is 0 Å². The molecule has 25 heavy (non-hydrogen) atoms. The Kier molecular flexibility index (Phi) is 6.65. The van der Waals surface area contributed by atoms with E-state index in [2.05, 4.69) is 10.6 Å². The molecule has 2 rings (SSSR count).